The molecule has 0 bridgehead atoms. The zero-order valence-electron chi connectivity index (χ0n) is 9.41. The summed E-state index contributed by atoms with van der Waals surface area (Å²) in [6.45, 7) is 1.97. The molecule has 0 fully saturated rings. The lowest BCUT2D eigenvalue weighted by molar-refractivity contribution is 1.09. The number of hydrogen-bond acceptors (Lipinski definition) is 3. The fourth-order valence-corrected chi connectivity index (χ4v) is 2.16. The minimum absolute atomic E-state index is 0.602. The second-order valence-electron chi connectivity index (χ2n) is 3.88. The molecule has 6 heteroatoms. The first kappa shape index (κ1) is 11.9. The van der Waals surface area contributed by atoms with Gasteiger partial charge in [-0.05, 0) is 35.6 Å². The molecule has 0 aliphatic rings. The third-order valence-electron chi connectivity index (χ3n) is 2.66. The summed E-state index contributed by atoms with van der Waals surface area (Å²) >= 11 is 8.19. The van der Waals surface area contributed by atoms with Gasteiger partial charge < -0.3 is 4.98 Å². The van der Waals surface area contributed by atoms with E-state index in [0.29, 0.717) is 10.8 Å². The van der Waals surface area contributed by atoms with Gasteiger partial charge in [0.2, 0.25) is 0 Å². The van der Waals surface area contributed by atoms with Crippen LogP contribution in [-0.4, -0.2) is 19.9 Å². The predicted octanol–water partition coefficient (Wildman–Crippen LogP) is 3.59. The van der Waals surface area contributed by atoms with E-state index in [1.54, 1.807) is 6.20 Å². The Labute approximate surface area is 122 Å². The molecule has 0 atom stereocenters. The zero-order valence-corrected chi connectivity index (χ0v) is 12.3. The Morgan fingerprint density at radius 2 is 2.11 bits per heavy atom. The zero-order chi connectivity index (χ0) is 12.7. The molecule has 0 aromatic carbocycles. The highest BCUT2D eigenvalue weighted by molar-refractivity contribution is 14.1. The molecule has 3 aromatic heterocycles. The Balaban J connectivity index is 2.24. The van der Waals surface area contributed by atoms with E-state index in [1.165, 1.54) is 0 Å². The van der Waals surface area contributed by atoms with Crippen LogP contribution in [0.3, 0.4) is 0 Å². The van der Waals surface area contributed by atoms with E-state index in [1.807, 2.05) is 25.4 Å². The number of halogens is 2. The first-order chi connectivity index (χ1) is 8.65. The number of aromatic amines is 1. The summed E-state index contributed by atoms with van der Waals surface area (Å²) in [5.41, 5.74) is 2.67. The lowest BCUT2D eigenvalue weighted by Gasteiger charge is -2.01. The Kier molecular flexibility index (Phi) is 2.95. The number of nitrogens with one attached hydrogen (secondary N) is 1. The molecule has 3 heterocycles. The average molecular weight is 371 g/mol. The quantitative estimate of drug-likeness (QED) is 0.666. The number of aromatic nitrogens is 4. The molecule has 0 aliphatic carbocycles. The summed E-state index contributed by atoms with van der Waals surface area (Å²) in [5, 5.41) is 1.54. The highest BCUT2D eigenvalue weighted by Crippen LogP contribution is 2.27. The normalized spacial score (nSPS) is 11.1. The SMILES string of the molecule is Cc1nc(-c2c[nH]c3ncc(Cl)cc23)ncc1I. The first-order valence-corrected chi connectivity index (χ1v) is 6.73. The maximum Gasteiger partial charge on any atom is 0.161 e. The van der Waals surface area contributed by atoms with E-state index in [4.69, 9.17) is 11.6 Å². The molecule has 0 saturated carbocycles. The molecule has 3 rings (SSSR count). The van der Waals surface area contributed by atoms with Gasteiger partial charge in [-0.3, -0.25) is 0 Å². The molecule has 90 valence electrons. The maximum atomic E-state index is 5.97. The molecule has 18 heavy (non-hydrogen) atoms. The standard InChI is InChI=1S/C12H8ClIN4/c1-6-10(14)5-17-12(18-6)9-4-16-11-8(9)2-7(13)3-15-11/h2-5H,1H3,(H,15,16). The molecule has 3 aromatic rings. The summed E-state index contributed by atoms with van der Waals surface area (Å²) in [4.78, 5) is 16.2. The Hall–Kier alpha value is -1.21. The first-order valence-electron chi connectivity index (χ1n) is 5.27. The van der Waals surface area contributed by atoms with Crippen molar-refractivity contribution in [2.24, 2.45) is 0 Å². The summed E-state index contributed by atoms with van der Waals surface area (Å²) in [7, 11) is 0. The minimum atomic E-state index is 0.602. The van der Waals surface area contributed by atoms with Crippen LogP contribution in [0.25, 0.3) is 22.4 Å². The van der Waals surface area contributed by atoms with Crippen LogP contribution in [0, 0.1) is 10.5 Å². The van der Waals surface area contributed by atoms with Gasteiger partial charge >= 0.3 is 0 Å². The Morgan fingerprint density at radius 3 is 2.89 bits per heavy atom. The average Bonchev–Trinajstić information content (AvgIpc) is 2.75. The topological polar surface area (TPSA) is 54.5 Å². The van der Waals surface area contributed by atoms with Crippen molar-refractivity contribution in [3.05, 3.63) is 38.9 Å². The van der Waals surface area contributed by atoms with Crippen LogP contribution >= 0.6 is 34.2 Å². The molecule has 4 nitrogen and oxygen atoms in total. The van der Waals surface area contributed by atoms with E-state index in [0.717, 1.165) is 25.9 Å². The molecule has 0 radical (unpaired) electrons. The molecular weight excluding hydrogens is 363 g/mol. The van der Waals surface area contributed by atoms with E-state index in [2.05, 4.69) is 42.5 Å². The minimum Gasteiger partial charge on any atom is -0.345 e. The van der Waals surface area contributed by atoms with Crippen molar-refractivity contribution in [1.29, 1.82) is 0 Å². The van der Waals surface area contributed by atoms with Crippen LogP contribution in [-0.2, 0) is 0 Å². The second kappa shape index (κ2) is 4.47. The smallest absolute Gasteiger partial charge is 0.161 e. The monoisotopic (exact) mass is 370 g/mol. The summed E-state index contributed by atoms with van der Waals surface area (Å²) < 4.78 is 1.05. The van der Waals surface area contributed by atoms with E-state index >= 15 is 0 Å². The highest BCUT2D eigenvalue weighted by Gasteiger charge is 2.11. The number of fused-ring (bicyclic) bond motifs is 1. The van der Waals surface area contributed by atoms with Gasteiger partial charge in [0.05, 0.1) is 14.3 Å². The van der Waals surface area contributed by atoms with Crippen molar-refractivity contribution >= 4 is 45.2 Å². The van der Waals surface area contributed by atoms with Gasteiger partial charge in [0, 0.05) is 29.5 Å². The van der Waals surface area contributed by atoms with E-state index in [9.17, 15) is 0 Å². The van der Waals surface area contributed by atoms with Crippen molar-refractivity contribution < 1.29 is 0 Å². The van der Waals surface area contributed by atoms with Gasteiger partial charge in [0.25, 0.3) is 0 Å². The molecule has 0 spiro atoms. The molecule has 0 unspecified atom stereocenters. The third kappa shape index (κ3) is 1.97. The van der Waals surface area contributed by atoms with Gasteiger partial charge in [-0.2, -0.15) is 0 Å². The number of rotatable bonds is 1. The van der Waals surface area contributed by atoms with Crippen molar-refractivity contribution in [2.45, 2.75) is 6.92 Å². The summed E-state index contributed by atoms with van der Waals surface area (Å²) in [5.74, 6) is 0.684. The van der Waals surface area contributed by atoms with Gasteiger partial charge in [-0.15, -0.1) is 0 Å². The van der Waals surface area contributed by atoms with Gasteiger partial charge in [0.1, 0.15) is 5.65 Å². The number of hydrogen-bond donors (Lipinski definition) is 1. The van der Waals surface area contributed by atoms with Crippen LogP contribution in [0.15, 0.2) is 24.7 Å². The molecular formula is C12H8ClIN4. The van der Waals surface area contributed by atoms with Crippen LogP contribution < -0.4 is 0 Å². The van der Waals surface area contributed by atoms with Crippen LogP contribution in [0.2, 0.25) is 5.02 Å². The van der Waals surface area contributed by atoms with E-state index < -0.39 is 0 Å². The van der Waals surface area contributed by atoms with Crippen molar-refractivity contribution in [2.75, 3.05) is 0 Å². The lowest BCUT2D eigenvalue weighted by Crippen LogP contribution is -1.93. The van der Waals surface area contributed by atoms with Crippen molar-refractivity contribution in [3.8, 4) is 11.4 Å². The third-order valence-corrected chi connectivity index (χ3v) is 3.92. The van der Waals surface area contributed by atoms with Crippen LogP contribution in [0.5, 0.6) is 0 Å². The molecule has 0 amide bonds. The fraction of sp³-hybridized carbons (Fsp3) is 0.0833. The van der Waals surface area contributed by atoms with Crippen molar-refractivity contribution in [3.63, 3.8) is 0 Å². The van der Waals surface area contributed by atoms with Gasteiger partial charge in [0.15, 0.2) is 5.82 Å². The van der Waals surface area contributed by atoms with Crippen molar-refractivity contribution in [1.82, 2.24) is 19.9 Å². The molecule has 1 N–H and O–H groups in total. The Morgan fingerprint density at radius 1 is 1.28 bits per heavy atom. The summed E-state index contributed by atoms with van der Waals surface area (Å²) in [6, 6.07) is 1.87. The molecule has 0 aliphatic heterocycles. The number of pyridine rings is 1. The lowest BCUT2D eigenvalue weighted by atomic mass is 10.2. The van der Waals surface area contributed by atoms with Gasteiger partial charge in [-0.25, -0.2) is 15.0 Å². The largest absolute Gasteiger partial charge is 0.345 e. The highest BCUT2D eigenvalue weighted by atomic mass is 127. The second-order valence-corrected chi connectivity index (χ2v) is 5.48. The van der Waals surface area contributed by atoms with E-state index in [-0.39, 0.29) is 0 Å². The molecule has 0 saturated heterocycles. The predicted molar refractivity (Wildman–Crippen MR) is 79.6 cm³/mol. The van der Waals surface area contributed by atoms with Crippen LogP contribution in [0.4, 0.5) is 0 Å². The van der Waals surface area contributed by atoms with Crippen LogP contribution in [0.1, 0.15) is 5.69 Å². The Bertz CT molecular complexity index is 738. The summed E-state index contributed by atoms with van der Waals surface area (Å²) in [6.07, 6.45) is 5.29. The number of aryl methyl sites for hydroxylation is 1. The number of H-pyrrole nitrogens is 1. The fourth-order valence-electron chi connectivity index (χ4n) is 1.75. The van der Waals surface area contributed by atoms with Gasteiger partial charge in [-0.1, -0.05) is 11.6 Å². The number of nitrogens with zero attached hydrogens (tertiary/aromatic N) is 3. The maximum absolute atomic E-state index is 5.97.